The predicted molar refractivity (Wildman–Crippen MR) is 125 cm³/mol. The van der Waals surface area contributed by atoms with Crippen molar-refractivity contribution in [3.63, 3.8) is 0 Å². The van der Waals surface area contributed by atoms with Crippen LogP contribution in [0.3, 0.4) is 0 Å². The molecule has 0 amide bonds. The molecule has 180 valence electrons. The van der Waals surface area contributed by atoms with Crippen molar-refractivity contribution in [2.75, 3.05) is 13.7 Å². The lowest BCUT2D eigenvalue weighted by atomic mass is 9.92. The number of rotatable bonds is 5. The molecule has 1 aliphatic heterocycles. The number of hydrogen-bond donors (Lipinski definition) is 0. The van der Waals surface area contributed by atoms with E-state index in [0.29, 0.717) is 53.1 Å². The van der Waals surface area contributed by atoms with Crippen LogP contribution in [-0.4, -0.2) is 38.4 Å². The molecular formula is C26H25F2N5O2. The average Bonchev–Trinajstić information content (AvgIpc) is 3.59. The highest BCUT2D eigenvalue weighted by Gasteiger charge is 2.31. The summed E-state index contributed by atoms with van der Waals surface area (Å²) in [5.74, 6) is -0.204. The highest BCUT2D eigenvalue weighted by Crippen LogP contribution is 2.40. The Morgan fingerprint density at radius 1 is 1.09 bits per heavy atom. The molecule has 0 radical (unpaired) electrons. The molecule has 1 aliphatic carbocycles. The topological polar surface area (TPSA) is 75.0 Å². The summed E-state index contributed by atoms with van der Waals surface area (Å²) in [6, 6.07) is 5.77. The number of benzene rings is 1. The molecule has 1 saturated carbocycles. The van der Waals surface area contributed by atoms with E-state index in [4.69, 9.17) is 19.4 Å². The molecule has 9 heteroatoms. The van der Waals surface area contributed by atoms with E-state index >= 15 is 0 Å². The highest BCUT2D eigenvalue weighted by atomic mass is 19.1. The Morgan fingerprint density at radius 2 is 1.94 bits per heavy atom. The zero-order valence-corrected chi connectivity index (χ0v) is 19.5. The third kappa shape index (κ3) is 4.14. The monoisotopic (exact) mass is 477 g/mol. The number of aromatic nitrogens is 5. The van der Waals surface area contributed by atoms with Crippen molar-refractivity contribution in [3.8, 4) is 17.0 Å². The molecule has 0 N–H and O–H groups in total. The van der Waals surface area contributed by atoms with E-state index in [9.17, 15) is 8.78 Å². The maximum absolute atomic E-state index is 14.9. The molecule has 1 saturated heterocycles. The van der Waals surface area contributed by atoms with Crippen LogP contribution in [0.25, 0.3) is 22.3 Å². The van der Waals surface area contributed by atoms with Crippen LogP contribution in [0, 0.1) is 18.6 Å². The molecule has 1 aromatic carbocycles. The van der Waals surface area contributed by atoms with Crippen LogP contribution in [0.2, 0.25) is 0 Å². The fourth-order valence-electron chi connectivity index (χ4n) is 4.74. The number of nitrogens with zero attached hydrogens (tertiary/aromatic N) is 5. The first-order valence-electron chi connectivity index (χ1n) is 11.8. The van der Waals surface area contributed by atoms with E-state index in [1.807, 2.05) is 17.8 Å². The standard InChI is InChI=1S/C26H25F2N5O2/c1-14-22(34-2)11-20-24(19-6-3-17(27)10-21(19)28)31-25(32-26(20)30-14)15-7-8-35-23(9-15)16-12-29-33(13-16)18-4-5-18/h3,6,10-13,15,18,23H,4-5,7-9H2,1-2H3/t15-,23-/m0/s1. The van der Waals surface area contributed by atoms with Gasteiger partial charge in [0.15, 0.2) is 5.65 Å². The van der Waals surface area contributed by atoms with Crippen LogP contribution in [0.4, 0.5) is 8.78 Å². The lowest BCUT2D eigenvalue weighted by Crippen LogP contribution is -2.20. The molecule has 2 fully saturated rings. The van der Waals surface area contributed by atoms with Gasteiger partial charge in [-0.05, 0) is 50.8 Å². The Morgan fingerprint density at radius 3 is 2.71 bits per heavy atom. The van der Waals surface area contributed by atoms with Gasteiger partial charge in [-0.1, -0.05) is 0 Å². The van der Waals surface area contributed by atoms with Crippen LogP contribution < -0.4 is 4.74 Å². The van der Waals surface area contributed by atoms with Crippen molar-refractivity contribution in [2.45, 2.75) is 50.7 Å². The Kier molecular flexibility index (Phi) is 5.44. The highest BCUT2D eigenvalue weighted by molar-refractivity contribution is 5.91. The third-order valence-corrected chi connectivity index (χ3v) is 6.82. The van der Waals surface area contributed by atoms with E-state index in [-0.39, 0.29) is 17.6 Å². The van der Waals surface area contributed by atoms with Crippen molar-refractivity contribution in [1.29, 1.82) is 0 Å². The van der Waals surface area contributed by atoms with Crippen molar-refractivity contribution in [3.05, 3.63) is 65.4 Å². The second-order valence-corrected chi connectivity index (χ2v) is 9.27. The maximum Gasteiger partial charge on any atom is 0.163 e. The average molecular weight is 478 g/mol. The van der Waals surface area contributed by atoms with Crippen LogP contribution >= 0.6 is 0 Å². The largest absolute Gasteiger partial charge is 0.495 e. The van der Waals surface area contributed by atoms with E-state index in [0.717, 1.165) is 18.1 Å². The fraction of sp³-hybridized carbons (Fsp3) is 0.385. The SMILES string of the molecule is COc1cc2c(-c3ccc(F)cc3F)nc([C@H]3CCO[C@H](c4cnn(C5CC5)c4)C3)nc2nc1C. The molecule has 6 rings (SSSR count). The van der Waals surface area contributed by atoms with Gasteiger partial charge < -0.3 is 9.47 Å². The second kappa shape index (κ2) is 8.64. The molecule has 4 aromatic rings. The van der Waals surface area contributed by atoms with Gasteiger partial charge in [-0.25, -0.2) is 23.7 Å². The van der Waals surface area contributed by atoms with Gasteiger partial charge in [0.2, 0.25) is 0 Å². The number of aryl methyl sites for hydroxylation is 1. The molecule has 2 atom stereocenters. The van der Waals surface area contributed by atoms with Crippen molar-refractivity contribution in [1.82, 2.24) is 24.7 Å². The molecule has 7 nitrogen and oxygen atoms in total. The number of ether oxygens (including phenoxy) is 2. The molecule has 0 spiro atoms. The normalized spacial score (nSPS) is 20.3. The Balaban J connectivity index is 1.42. The van der Waals surface area contributed by atoms with Gasteiger partial charge >= 0.3 is 0 Å². The molecule has 0 bridgehead atoms. The van der Waals surface area contributed by atoms with Gasteiger partial charge in [-0.2, -0.15) is 5.10 Å². The van der Waals surface area contributed by atoms with Crippen molar-refractivity contribution in [2.24, 2.45) is 0 Å². The summed E-state index contributed by atoms with van der Waals surface area (Å²) in [5, 5.41) is 5.05. The first kappa shape index (κ1) is 22.0. The number of hydrogen-bond acceptors (Lipinski definition) is 6. The Labute approximate surface area is 201 Å². The summed E-state index contributed by atoms with van der Waals surface area (Å²) in [6.07, 6.45) is 7.59. The lowest BCUT2D eigenvalue weighted by molar-refractivity contribution is 0.00396. The van der Waals surface area contributed by atoms with E-state index in [1.165, 1.54) is 25.0 Å². The maximum atomic E-state index is 14.9. The summed E-state index contributed by atoms with van der Waals surface area (Å²) in [7, 11) is 1.55. The molecule has 4 heterocycles. The number of fused-ring (bicyclic) bond motifs is 1. The summed E-state index contributed by atoms with van der Waals surface area (Å²) in [6.45, 7) is 2.39. The quantitative estimate of drug-likeness (QED) is 0.380. The second-order valence-electron chi connectivity index (χ2n) is 9.27. The van der Waals surface area contributed by atoms with Crippen LogP contribution in [0.1, 0.15) is 60.8 Å². The predicted octanol–water partition coefficient (Wildman–Crippen LogP) is 5.45. The fourth-order valence-corrected chi connectivity index (χ4v) is 4.74. The zero-order valence-electron chi connectivity index (χ0n) is 19.5. The Hall–Kier alpha value is -3.46. The van der Waals surface area contributed by atoms with E-state index in [1.54, 1.807) is 13.2 Å². The molecule has 35 heavy (non-hydrogen) atoms. The first-order chi connectivity index (χ1) is 17.0. The van der Waals surface area contributed by atoms with Crippen LogP contribution in [0.15, 0.2) is 36.7 Å². The minimum absolute atomic E-state index is 0.00566. The van der Waals surface area contributed by atoms with Crippen molar-refractivity contribution >= 4 is 11.0 Å². The summed E-state index contributed by atoms with van der Waals surface area (Å²) in [5.41, 5.74) is 2.75. The van der Waals surface area contributed by atoms with Gasteiger partial charge in [0.05, 0.1) is 36.8 Å². The van der Waals surface area contributed by atoms with Gasteiger partial charge in [-0.15, -0.1) is 0 Å². The molecular weight excluding hydrogens is 452 g/mol. The zero-order chi connectivity index (χ0) is 24.1. The number of pyridine rings is 1. The smallest absolute Gasteiger partial charge is 0.163 e. The summed E-state index contributed by atoms with van der Waals surface area (Å²) in [4.78, 5) is 14.2. The lowest BCUT2D eigenvalue weighted by Gasteiger charge is -2.28. The van der Waals surface area contributed by atoms with Crippen LogP contribution in [0.5, 0.6) is 5.75 Å². The Bertz CT molecular complexity index is 1420. The number of methoxy groups -OCH3 is 1. The molecule has 3 aromatic heterocycles. The van der Waals surface area contributed by atoms with Crippen LogP contribution in [-0.2, 0) is 4.74 Å². The molecule has 2 aliphatic rings. The summed E-state index contributed by atoms with van der Waals surface area (Å²) < 4.78 is 42.0. The number of halogens is 2. The first-order valence-corrected chi connectivity index (χ1v) is 11.8. The van der Waals surface area contributed by atoms with Gasteiger partial charge in [0.25, 0.3) is 0 Å². The minimum Gasteiger partial charge on any atom is -0.495 e. The molecule has 0 unspecified atom stereocenters. The van der Waals surface area contributed by atoms with E-state index in [2.05, 4.69) is 16.3 Å². The van der Waals surface area contributed by atoms with Crippen molar-refractivity contribution < 1.29 is 18.3 Å². The van der Waals surface area contributed by atoms with E-state index < -0.39 is 11.6 Å². The van der Waals surface area contributed by atoms with Gasteiger partial charge in [-0.3, -0.25) is 4.68 Å². The summed E-state index contributed by atoms with van der Waals surface area (Å²) >= 11 is 0. The minimum atomic E-state index is -0.687. The third-order valence-electron chi connectivity index (χ3n) is 6.82. The van der Waals surface area contributed by atoms with Gasteiger partial charge in [0.1, 0.15) is 23.2 Å². The van der Waals surface area contributed by atoms with Gasteiger partial charge in [0, 0.05) is 41.3 Å².